The number of para-hydroxylation sites is 1. The van der Waals surface area contributed by atoms with Crippen LogP contribution in [0.3, 0.4) is 0 Å². The van der Waals surface area contributed by atoms with E-state index in [0.29, 0.717) is 29.7 Å². The molecule has 4 aromatic rings. The van der Waals surface area contributed by atoms with Gasteiger partial charge in [-0.3, -0.25) is 9.48 Å². The third kappa shape index (κ3) is 2.84. The van der Waals surface area contributed by atoms with Crippen molar-refractivity contribution in [1.82, 2.24) is 34.7 Å². The minimum absolute atomic E-state index is 0.00864. The summed E-state index contributed by atoms with van der Waals surface area (Å²) >= 11 is 0. The molecule has 0 aliphatic carbocycles. The third-order valence-electron chi connectivity index (χ3n) is 4.96. The fourth-order valence-corrected chi connectivity index (χ4v) is 3.52. The highest BCUT2D eigenvalue weighted by Crippen LogP contribution is 2.24. The predicted octanol–water partition coefficient (Wildman–Crippen LogP) is 1.76. The first kappa shape index (κ1) is 16.7. The molecule has 1 aliphatic heterocycles. The van der Waals surface area contributed by atoms with Crippen LogP contribution in [0.25, 0.3) is 28.1 Å². The number of nitrogens with zero attached hydrogens (tertiary/aromatic N) is 6. The predicted molar refractivity (Wildman–Crippen MR) is 105 cm³/mol. The molecule has 2 N–H and O–H groups in total. The molecule has 3 aromatic heterocycles. The van der Waals surface area contributed by atoms with E-state index >= 15 is 0 Å². The zero-order valence-corrected chi connectivity index (χ0v) is 15.5. The number of hydrogen-bond donors (Lipinski definition) is 2. The van der Waals surface area contributed by atoms with Gasteiger partial charge in [0, 0.05) is 25.2 Å². The van der Waals surface area contributed by atoms with Crippen LogP contribution in [0.2, 0.25) is 0 Å². The first-order valence-corrected chi connectivity index (χ1v) is 9.39. The van der Waals surface area contributed by atoms with Crippen molar-refractivity contribution in [3.8, 4) is 11.5 Å². The van der Waals surface area contributed by atoms with E-state index in [4.69, 9.17) is 9.97 Å². The summed E-state index contributed by atoms with van der Waals surface area (Å²) in [5.41, 5.74) is 2.17. The van der Waals surface area contributed by atoms with E-state index in [9.17, 15) is 4.79 Å². The van der Waals surface area contributed by atoms with E-state index in [2.05, 4.69) is 20.8 Å². The summed E-state index contributed by atoms with van der Waals surface area (Å²) in [6.45, 7) is 0.713. The molecule has 4 heterocycles. The molecule has 0 unspecified atom stereocenters. The molecule has 5 rings (SSSR count). The molecule has 9 nitrogen and oxygen atoms in total. The quantitative estimate of drug-likeness (QED) is 0.565. The van der Waals surface area contributed by atoms with Gasteiger partial charge in [0.25, 0.3) is 0 Å². The van der Waals surface area contributed by atoms with E-state index < -0.39 is 0 Å². The number of anilines is 1. The van der Waals surface area contributed by atoms with E-state index in [1.165, 1.54) is 0 Å². The number of hydrogen-bond acceptors (Lipinski definition) is 6. The number of nitrogens with one attached hydrogen (secondary N) is 2. The average Bonchev–Trinajstić information content (AvgIpc) is 3.28. The normalized spacial score (nSPS) is 17.6. The van der Waals surface area contributed by atoms with Gasteiger partial charge >= 0.3 is 0 Å². The van der Waals surface area contributed by atoms with Gasteiger partial charge in [-0.1, -0.05) is 12.1 Å². The van der Waals surface area contributed by atoms with Crippen LogP contribution in [0.1, 0.15) is 19.3 Å². The van der Waals surface area contributed by atoms with Crippen molar-refractivity contribution in [3.05, 3.63) is 36.5 Å². The van der Waals surface area contributed by atoms with E-state index in [-0.39, 0.29) is 11.9 Å². The minimum atomic E-state index is -0.345. The molecule has 0 saturated carbocycles. The van der Waals surface area contributed by atoms with Gasteiger partial charge in [-0.05, 0) is 37.5 Å². The molecule has 1 aliphatic rings. The van der Waals surface area contributed by atoms with Crippen molar-refractivity contribution in [1.29, 1.82) is 0 Å². The lowest BCUT2D eigenvalue weighted by atomic mass is 10.1. The zero-order chi connectivity index (χ0) is 19.1. The topological polar surface area (TPSA) is 102 Å². The Morgan fingerprint density at radius 1 is 1.14 bits per heavy atom. The number of fused-ring (bicyclic) bond motifs is 3. The van der Waals surface area contributed by atoms with Gasteiger partial charge < -0.3 is 10.6 Å². The summed E-state index contributed by atoms with van der Waals surface area (Å²) in [7, 11) is 1.86. The zero-order valence-electron chi connectivity index (χ0n) is 15.5. The van der Waals surface area contributed by atoms with Crippen LogP contribution in [0.4, 0.5) is 5.95 Å². The summed E-state index contributed by atoms with van der Waals surface area (Å²) in [6.07, 6.45) is 4.57. The lowest BCUT2D eigenvalue weighted by molar-refractivity contribution is -0.121. The summed E-state index contributed by atoms with van der Waals surface area (Å²) < 4.78 is 3.39. The largest absolute Gasteiger partial charge is 0.354 e. The second kappa shape index (κ2) is 6.59. The summed E-state index contributed by atoms with van der Waals surface area (Å²) in [5, 5.41) is 16.2. The SMILES string of the molecule is Cn1ccc(-c2nc3c4ccccc4nc(N[C@@H]4CCCCNC4=O)n3n2)n1. The molecular formula is C19H20N8O. The molecule has 1 fully saturated rings. The monoisotopic (exact) mass is 376 g/mol. The van der Waals surface area contributed by atoms with Crippen LogP contribution in [0.15, 0.2) is 36.5 Å². The average molecular weight is 376 g/mol. The van der Waals surface area contributed by atoms with Crippen molar-refractivity contribution < 1.29 is 4.79 Å². The number of carbonyl (C=O) groups is 1. The number of carbonyl (C=O) groups excluding carboxylic acids is 1. The van der Waals surface area contributed by atoms with Crippen molar-refractivity contribution in [2.24, 2.45) is 7.05 Å². The molecule has 9 heteroatoms. The standard InChI is InChI=1S/C19H20N8O/c1-26-11-9-14(24-26)16-23-17-12-6-2-3-7-13(12)21-19(27(17)25-16)22-15-8-4-5-10-20-18(15)28/h2-3,6-7,9,11,15H,4-5,8,10H2,1H3,(H,20,28)(H,21,22)/t15-/m1/s1. The molecule has 142 valence electrons. The smallest absolute Gasteiger partial charge is 0.242 e. The minimum Gasteiger partial charge on any atom is -0.354 e. The van der Waals surface area contributed by atoms with Crippen molar-refractivity contribution in [3.63, 3.8) is 0 Å². The maximum atomic E-state index is 12.4. The van der Waals surface area contributed by atoms with Crippen molar-refractivity contribution in [2.45, 2.75) is 25.3 Å². The van der Waals surface area contributed by atoms with E-state index in [0.717, 1.165) is 30.2 Å². The Balaban J connectivity index is 1.66. The van der Waals surface area contributed by atoms with Crippen LogP contribution in [0, 0.1) is 0 Å². The summed E-state index contributed by atoms with van der Waals surface area (Å²) in [5.74, 6) is 1.02. The Morgan fingerprint density at radius 3 is 2.89 bits per heavy atom. The van der Waals surface area contributed by atoms with Crippen LogP contribution < -0.4 is 10.6 Å². The van der Waals surface area contributed by atoms with Gasteiger partial charge in [-0.2, -0.15) is 9.61 Å². The molecule has 1 saturated heterocycles. The molecule has 1 aromatic carbocycles. The number of aryl methyl sites for hydroxylation is 1. The van der Waals surface area contributed by atoms with Crippen molar-refractivity contribution in [2.75, 3.05) is 11.9 Å². The molecule has 0 spiro atoms. The molecule has 1 atom stereocenters. The van der Waals surface area contributed by atoms with Gasteiger partial charge in [-0.25, -0.2) is 9.97 Å². The summed E-state index contributed by atoms with van der Waals surface area (Å²) in [4.78, 5) is 21.8. The van der Waals surface area contributed by atoms with Gasteiger partial charge in [0.1, 0.15) is 11.7 Å². The molecular weight excluding hydrogens is 356 g/mol. The highest BCUT2D eigenvalue weighted by Gasteiger charge is 2.23. The molecule has 1 amide bonds. The summed E-state index contributed by atoms with van der Waals surface area (Å²) in [6, 6.07) is 9.31. The molecule has 0 bridgehead atoms. The van der Waals surface area contributed by atoms with Crippen LogP contribution in [-0.4, -0.2) is 47.9 Å². The number of aromatic nitrogens is 6. The van der Waals surface area contributed by atoms with E-state index in [1.807, 2.05) is 43.6 Å². The fraction of sp³-hybridized carbons (Fsp3) is 0.316. The highest BCUT2D eigenvalue weighted by atomic mass is 16.2. The fourth-order valence-electron chi connectivity index (χ4n) is 3.52. The van der Waals surface area contributed by atoms with Crippen LogP contribution in [0.5, 0.6) is 0 Å². The lowest BCUT2D eigenvalue weighted by Gasteiger charge is -2.16. The Hall–Kier alpha value is -3.49. The van der Waals surface area contributed by atoms with Gasteiger partial charge in [0.05, 0.1) is 5.52 Å². The van der Waals surface area contributed by atoms with Gasteiger partial charge in [0.2, 0.25) is 17.7 Å². The second-order valence-electron chi connectivity index (χ2n) is 6.98. The maximum absolute atomic E-state index is 12.4. The molecule has 28 heavy (non-hydrogen) atoms. The number of benzene rings is 1. The Kier molecular flexibility index (Phi) is 3.92. The van der Waals surface area contributed by atoms with E-state index in [1.54, 1.807) is 9.20 Å². The maximum Gasteiger partial charge on any atom is 0.242 e. The van der Waals surface area contributed by atoms with Gasteiger partial charge in [-0.15, -0.1) is 5.10 Å². The first-order chi connectivity index (χ1) is 13.7. The Labute approximate surface area is 160 Å². The lowest BCUT2D eigenvalue weighted by Crippen LogP contribution is -2.38. The number of rotatable bonds is 3. The second-order valence-corrected chi connectivity index (χ2v) is 6.98. The first-order valence-electron chi connectivity index (χ1n) is 9.39. The van der Waals surface area contributed by atoms with Crippen LogP contribution >= 0.6 is 0 Å². The number of amides is 1. The third-order valence-corrected chi connectivity index (χ3v) is 4.96. The van der Waals surface area contributed by atoms with Crippen molar-refractivity contribution >= 4 is 28.4 Å². The van der Waals surface area contributed by atoms with Crippen LogP contribution in [-0.2, 0) is 11.8 Å². The Morgan fingerprint density at radius 2 is 2.04 bits per heavy atom. The Bertz CT molecular complexity index is 1180. The van der Waals surface area contributed by atoms with Gasteiger partial charge in [0.15, 0.2) is 5.65 Å². The molecule has 0 radical (unpaired) electrons. The highest BCUT2D eigenvalue weighted by molar-refractivity contribution is 5.93.